The summed E-state index contributed by atoms with van der Waals surface area (Å²) in [6, 6.07) is 3.29. The fourth-order valence-corrected chi connectivity index (χ4v) is 2.11. The normalized spacial score (nSPS) is 14.9. The summed E-state index contributed by atoms with van der Waals surface area (Å²) in [5.41, 5.74) is 0.330. The maximum atomic E-state index is 11.7. The number of carboxylic acids is 1. The third-order valence-electron chi connectivity index (χ3n) is 3.33. The third-order valence-corrected chi connectivity index (χ3v) is 3.33. The van der Waals surface area contributed by atoms with E-state index in [1.807, 2.05) is 0 Å². The summed E-state index contributed by atoms with van der Waals surface area (Å²) in [6.07, 6.45) is 4.82. The Kier molecular flexibility index (Phi) is 3.60. The zero-order valence-electron chi connectivity index (χ0n) is 10.3. The van der Waals surface area contributed by atoms with E-state index < -0.39 is 5.97 Å². The highest BCUT2D eigenvalue weighted by Crippen LogP contribution is 2.29. The quantitative estimate of drug-likeness (QED) is 0.883. The minimum atomic E-state index is -1.11. The van der Waals surface area contributed by atoms with Crippen LogP contribution in [0.15, 0.2) is 18.3 Å². The lowest BCUT2D eigenvalue weighted by molar-refractivity contribution is -0.116. The molecule has 5 heteroatoms. The van der Waals surface area contributed by atoms with Crippen LogP contribution in [0.3, 0.4) is 0 Å². The van der Waals surface area contributed by atoms with Gasteiger partial charge in [-0.3, -0.25) is 4.79 Å². The molecule has 1 saturated carbocycles. The van der Waals surface area contributed by atoms with Gasteiger partial charge in [-0.15, -0.1) is 0 Å². The number of carbonyl (C=O) groups excluding carboxylic acids is 1. The first-order chi connectivity index (χ1) is 8.59. The average Bonchev–Trinajstić information content (AvgIpc) is 2.27. The molecule has 0 aliphatic heterocycles. The molecular weight excluding hydrogens is 232 g/mol. The van der Waals surface area contributed by atoms with Crippen molar-refractivity contribution in [3.05, 3.63) is 24.0 Å². The SMILES string of the molecule is CC(=O)N(CC1CCC1)c1cccnc1C(=O)O. The van der Waals surface area contributed by atoms with Gasteiger partial charge in [-0.1, -0.05) is 6.42 Å². The second kappa shape index (κ2) is 5.16. The topological polar surface area (TPSA) is 70.5 Å². The van der Waals surface area contributed by atoms with Crippen molar-refractivity contribution in [2.24, 2.45) is 5.92 Å². The predicted molar refractivity (Wildman–Crippen MR) is 66.6 cm³/mol. The van der Waals surface area contributed by atoms with E-state index in [9.17, 15) is 9.59 Å². The zero-order valence-corrected chi connectivity index (χ0v) is 10.3. The standard InChI is InChI=1S/C13H16N2O3/c1-9(16)15(8-10-4-2-5-10)11-6-3-7-14-12(11)13(17)18/h3,6-7,10H,2,4-5,8H2,1H3,(H,17,18). The van der Waals surface area contributed by atoms with Gasteiger partial charge in [0.05, 0.1) is 5.69 Å². The Balaban J connectivity index is 2.29. The smallest absolute Gasteiger partial charge is 0.356 e. The van der Waals surface area contributed by atoms with Crippen LogP contribution < -0.4 is 4.90 Å². The zero-order chi connectivity index (χ0) is 13.1. The molecule has 0 aromatic carbocycles. The lowest BCUT2D eigenvalue weighted by atomic mass is 9.85. The number of rotatable bonds is 4. The van der Waals surface area contributed by atoms with E-state index >= 15 is 0 Å². The van der Waals surface area contributed by atoms with Crippen LogP contribution in [0.4, 0.5) is 5.69 Å². The summed E-state index contributed by atoms with van der Waals surface area (Å²) >= 11 is 0. The number of aromatic nitrogens is 1. The molecule has 2 rings (SSSR count). The maximum absolute atomic E-state index is 11.7. The highest BCUT2D eigenvalue weighted by atomic mass is 16.4. The molecule has 1 aliphatic rings. The molecule has 0 bridgehead atoms. The summed E-state index contributed by atoms with van der Waals surface area (Å²) in [7, 11) is 0. The largest absolute Gasteiger partial charge is 0.476 e. The number of carboxylic acid groups (broad SMARTS) is 1. The number of amides is 1. The molecule has 0 saturated heterocycles. The molecule has 18 heavy (non-hydrogen) atoms. The molecular formula is C13H16N2O3. The van der Waals surface area contributed by atoms with Crippen LogP contribution >= 0.6 is 0 Å². The van der Waals surface area contributed by atoms with E-state index in [1.165, 1.54) is 24.4 Å². The Labute approximate surface area is 105 Å². The molecule has 0 unspecified atom stereocenters. The van der Waals surface area contributed by atoms with Gasteiger partial charge in [0, 0.05) is 19.7 Å². The Bertz CT molecular complexity index is 469. The average molecular weight is 248 g/mol. The van der Waals surface area contributed by atoms with Crippen LogP contribution in [0.2, 0.25) is 0 Å². The van der Waals surface area contributed by atoms with Gasteiger partial charge in [0.2, 0.25) is 5.91 Å². The summed E-state index contributed by atoms with van der Waals surface area (Å²) in [6.45, 7) is 2.04. The van der Waals surface area contributed by atoms with Gasteiger partial charge in [0.25, 0.3) is 0 Å². The van der Waals surface area contributed by atoms with Gasteiger partial charge in [-0.25, -0.2) is 9.78 Å². The van der Waals surface area contributed by atoms with Crippen LogP contribution in [0.5, 0.6) is 0 Å². The monoisotopic (exact) mass is 248 g/mol. The van der Waals surface area contributed by atoms with E-state index in [0.29, 0.717) is 18.2 Å². The molecule has 1 aromatic heterocycles. The number of carbonyl (C=O) groups is 2. The van der Waals surface area contributed by atoms with Crippen molar-refractivity contribution in [2.45, 2.75) is 26.2 Å². The van der Waals surface area contributed by atoms with Gasteiger partial charge in [-0.05, 0) is 30.9 Å². The molecule has 5 nitrogen and oxygen atoms in total. The van der Waals surface area contributed by atoms with Crippen molar-refractivity contribution in [1.29, 1.82) is 0 Å². The summed E-state index contributed by atoms with van der Waals surface area (Å²) < 4.78 is 0. The van der Waals surface area contributed by atoms with E-state index in [1.54, 1.807) is 12.1 Å². The van der Waals surface area contributed by atoms with Crippen LogP contribution in [0, 0.1) is 5.92 Å². The fourth-order valence-electron chi connectivity index (χ4n) is 2.11. The lowest BCUT2D eigenvalue weighted by Crippen LogP contribution is -2.37. The van der Waals surface area contributed by atoms with Crippen molar-refractivity contribution in [2.75, 3.05) is 11.4 Å². The lowest BCUT2D eigenvalue weighted by Gasteiger charge is -2.32. The van der Waals surface area contributed by atoms with Crippen LogP contribution in [0.25, 0.3) is 0 Å². The Morgan fingerprint density at radius 3 is 2.72 bits per heavy atom. The van der Waals surface area contributed by atoms with E-state index in [0.717, 1.165) is 12.8 Å². The molecule has 1 aliphatic carbocycles. The first kappa shape index (κ1) is 12.5. The van der Waals surface area contributed by atoms with Crippen molar-refractivity contribution >= 4 is 17.6 Å². The number of hydrogen-bond donors (Lipinski definition) is 1. The van der Waals surface area contributed by atoms with Crippen LogP contribution in [-0.4, -0.2) is 28.5 Å². The predicted octanol–water partition coefficient (Wildman–Crippen LogP) is 1.93. The number of pyridine rings is 1. The molecule has 0 radical (unpaired) electrons. The van der Waals surface area contributed by atoms with E-state index in [-0.39, 0.29) is 11.6 Å². The van der Waals surface area contributed by atoms with Gasteiger partial charge < -0.3 is 10.0 Å². The highest BCUT2D eigenvalue weighted by molar-refractivity contribution is 5.99. The first-order valence-electron chi connectivity index (χ1n) is 6.06. The summed E-state index contributed by atoms with van der Waals surface area (Å²) in [5.74, 6) is -0.765. The Hall–Kier alpha value is -1.91. The van der Waals surface area contributed by atoms with Crippen molar-refractivity contribution in [3.63, 3.8) is 0 Å². The third kappa shape index (κ3) is 2.50. The summed E-state index contributed by atoms with van der Waals surface area (Å²) in [5, 5.41) is 9.10. The molecule has 1 heterocycles. The molecule has 1 amide bonds. The number of aromatic carboxylic acids is 1. The first-order valence-corrected chi connectivity index (χ1v) is 6.06. The van der Waals surface area contributed by atoms with Gasteiger partial charge in [0.15, 0.2) is 5.69 Å². The highest BCUT2D eigenvalue weighted by Gasteiger charge is 2.26. The van der Waals surface area contributed by atoms with Crippen LogP contribution in [-0.2, 0) is 4.79 Å². The molecule has 0 atom stereocenters. The number of nitrogens with zero attached hydrogens (tertiary/aromatic N) is 2. The minimum Gasteiger partial charge on any atom is -0.476 e. The van der Waals surface area contributed by atoms with Crippen LogP contribution in [0.1, 0.15) is 36.7 Å². The Morgan fingerprint density at radius 1 is 1.50 bits per heavy atom. The van der Waals surface area contributed by atoms with Gasteiger partial charge in [-0.2, -0.15) is 0 Å². The summed E-state index contributed by atoms with van der Waals surface area (Å²) in [4.78, 5) is 28.2. The second-order valence-electron chi connectivity index (χ2n) is 4.60. The molecule has 1 N–H and O–H groups in total. The van der Waals surface area contributed by atoms with E-state index in [2.05, 4.69) is 4.98 Å². The Morgan fingerprint density at radius 2 is 2.22 bits per heavy atom. The van der Waals surface area contributed by atoms with Gasteiger partial charge >= 0.3 is 5.97 Å². The van der Waals surface area contributed by atoms with Crippen molar-refractivity contribution < 1.29 is 14.7 Å². The van der Waals surface area contributed by atoms with Gasteiger partial charge in [0.1, 0.15) is 0 Å². The molecule has 1 aromatic rings. The number of hydrogen-bond acceptors (Lipinski definition) is 3. The minimum absolute atomic E-state index is 0.0629. The van der Waals surface area contributed by atoms with Crippen molar-refractivity contribution in [1.82, 2.24) is 4.98 Å². The molecule has 0 spiro atoms. The fraction of sp³-hybridized carbons (Fsp3) is 0.462. The van der Waals surface area contributed by atoms with Crippen molar-refractivity contribution in [3.8, 4) is 0 Å². The second-order valence-corrected chi connectivity index (χ2v) is 4.60. The molecule has 1 fully saturated rings. The molecule has 96 valence electrons. The van der Waals surface area contributed by atoms with E-state index in [4.69, 9.17) is 5.11 Å². The maximum Gasteiger partial charge on any atom is 0.356 e. The number of anilines is 1.